The number of benzene rings is 4. The Morgan fingerprint density at radius 1 is 0.592 bits per heavy atom. The van der Waals surface area contributed by atoms with Crippen molar-refractivity contribution in [1.29, 1.82) is 0 Å². The molecular weight excluding hydrogens is 618 g/mol. The molecule has 0 N–H and O–H groups in total. The number of hydrogen-bond acceptors (Lipinski definition) is 6. The number of non-ortho nitro benzene ring substituents is 1. The average Bonchev–Trinajstić information content (AvgIpc) is 3.67. The second kappa shape index (κ2) is 15.6. The summed E-state index contributed by atoms with van der Waals surface area (Å²) >= 11 is 0. The third kappa shape index (κ3) is 7.52. The lowest BCUT2D eigenvalue weighted by Gasteiger charge is -2.13. The highest BCUT2D eigenvalue weighted by atomic mass is 16.6. The van der Waals surface area contributed by atoms with Crippen molar-refractivity contribution >= 4 is 17.6 Å². The first-order valence-corrected chi connectivity index (χ1v) is 15.9. The van der Waals surface area contributed by atoms with Crippen molar-refractivity contribution in [3.8, 4) is 33.9 Å². The molecule has 0 saturated heterocycles. The molecule has 6 rings (SSSR count). The summed E-state index contributed by atoms with van der Waals surface area (Å²) in [5.74, 6) is -0.681. The number of esters is 2. The number of aromatic nitrogens is 2. The highest BCUT2D eigenvalue weighted by Gasteiger charge is 2.23. The van der Waals surface area contributed by atoms with Gasteiger partial charge >= 0.3 is 11.9 Å². The molecular formula is C40H37N3O6. The summed E-state index contributed by atoms with van der Waals surface area (Å²) in [4.78, 5) is 35.3. The molecule has 0 bridgehead atoms. The van der Waals surface area contributed by atoms with Gasteiger partial charge in [0.2, 0.25) is 0 Å². The van der Waals surface area contributed by atoms with E-state index in [0.717, 1.165) is 39.6 Å². The van der Waals surface area contributed by atoms with E-state index in [1.54, 1.807) is 25.1 Å². The zero-order valence-electron chi connectivity index (χ0n) is 27.8. The fourth-order valence-electron chi connectivity index (χ4n) is 5.73. The van der Waals surface area contributed by atoms with Gasteiger partial charge in [0, 0.05) is 34.9 Å². The first-order valence-electron chi connectivity index (χ1n) is 15.9. The first kappa shape index (κ1) is 34.1. The largest absolute Gasteiger partial charge is 0.462 e. The van der Waals surface area contributed by atoms with E-state index in [1.807, 2.05) is 122 Å². The molecule has 2 aromatic heterocycles. The summed E-state index contributed by atoms with van der Waals surface area (Å²) in [6, 6.07) is 39.4. The Balaban J connectivity index is 0.000000192. The van der Waals surface area contributed by atoms with Crippen molar-refractivity contribution in [3.05, 3.63) is 160 Å². The molecule has 4 aromatic carbocycles. The molecule has 248 valence electrons. The molecule has 49 heavy (non-hydrogen) atoms. The molecule has 0 amide bonds. The van der Waals surface area contributed by atoms with E-state index in [0.29, 0.717) is 23.4 Å². The van der Waals surface area contributed by atoms with Crippen molar-refractivity contribution in [2.75, 3.05) is 13.2 Å². The molecule has 9 heteroatoms. The number of para-hydroxylation sites is 1. The number of nitro groups is 1. The SMILES string of the molecule is CCOC(=O)c1cc(C)n(-c2ccc([N+](=O)[O-])cc2)c1-c1ccccc1.CCOC(=O)c1cc(C)n(-c2ccccc2)c1-c1ccccc1. The standard InChI is InChI=1S/C20H18N2O4.C20H19NO2/c1-3-26-20(23)18-13-14(2)21(19(18)15-7-5-4-6-8-15)16-9-11-17(12-10-16)22(24)25;1-3-23-20(22)18-14-15(2)21(17-12-8-5-9-13-17)19(18)16-10-6-4-7-11-16/h4-13H,3H2,1-2H3;4-14H,3H2,1-2H3. The van der Waals surface area contributed by atoms with Gasteiger partial charge in [0.15, 0.2) is 0 Å². The molecule has 6 aromatic rings. The molecule has 0 unspecified atom stereocenters. The molecule has 0 aliphatic carbocycles. The summed E-state index contributed by atoms with van der Waals surface area (Å²) in [5.41, 5.74) is 8.11. The Bertz CT molecular complexity index is 2050. The smallest absolute Gasteiger partial charge is 0.340 e. The Hall–Kier alpha value is -6.22. The molecule has 0 atom stereocenters. The second-order valence-corrected chi connectivity index (χ2v) is 11.0. The van der Waals surface area contributed by atoms with Gasteiger partial charge in [0.1, 0.15) is 0 Å². The topological polar surface area (TPSA) is 106 Å². The van der Waals surface area contributed by atoms with Gasteiger partial charge in [0.25, 0.3) is 5.69 Å². The van der Waals surface area contributed by atoms with Crippen molar-refractivity contribution in [2.24, 2.45) is 0 Å². The van der Waals surface area contributed by atoms with Gasteiger partial charge in [-0.1, -0.05) is 78.9 Å². The maximum absolute atomic E-state index is 12.5. The van der Waals surface area contributed by atoms with E-state index in [4.69, 9.17) is 9.47 Å². The maximum Gasteiger partial charge on any atom is 0.340 e. The number of aryl methyl sites for hydroxylation is 2. The summed E-state index contributed by atoms with van der Waals surface area (Å²) in [6.45, 7) is 8.12. The average molecular weight is 656 g/mol. The van der Waals surface area contributed by atoms with Crippen LogP contribution in [0.5, 0.6) is 0 Å². The zero-order valence-corrected chi connectivity index (χ0v) is 27.8. The Kier molecular flexibility index (Phi) is 10.9. The normalized spacial score (nSPS) is 10.5. The van der Waals surface area contributed by atoms with E-state index in [2.05, 4.69) is 4.57 Å². The van der Waals surface area contributed by atoms with Crippen LogP contribution >= 0.6 is 0 Å². The number of carbonyl (C=O) groups is 2. The summed E-state index contributed by atoms with van der Waals surface area (Å²) < 4.78 is 14.5. The molecule has 9 nitrogen and oxygen atoms in total. The second-order valence-electron chi connectivity index (χ2n) is 11.0. The van der Waals surface area contributed by atoms with E-state index >= 15 is 0 Å². The summed E-state index contributed by atoms with van der Waals surface area (Å²) in [7, 11) is 0. The van der Waals surface area contributed by atoms with Crippen LogP contribution in [0.3, 0.4) is 0 Å². The lowest BCUT2D eigenvalue weighted by Crippen LogP contribution is -2.07. The van der Waals surface area contributed by atoms with Gasteiger partial charge in [-0.3, -0.25) is 10.1 Å². The fourth-order valence-corrected chi connectivity index (χ4v) is 5.73. The number of carbonyl (C=O) groups excluding carboxylic acids is 2. The predicted octanol–water partition coefficient (Wildman–Crippen LogP) is 9.17. The van der Waals surface area contributed by atoms with Crippen molar-refractivity contribution in [1.82, 2.24) is 9.13 Å². The number of hydrogen-bond donors (Lipinski definition) is 0. The predicted molar refractivity (Wildman–Crippen MR) is 190 cm³/mol. The lowest BCUT2D eigenvalue weighted by molar-refractivity contribution is -0.384. The van der Waals surface area contributed by atoms with E-state index in [1.165, 1.54) is 12.1 Å². The quantitative estimate of drug-likeness (QED) is 0.0874. The van der Waals surface area contributed by atoms with Crippen LogP contribution < -0.4 is 0 Å². The number of rotatable bonds is 9. The number of nitro benzene ring substituents is 1. The fraction of sp³-hybridized carbons (Fsp3) is 0.150. The van der Waals surface area contributed by atoms with Gasteiger partial charge in [0.05, 0.1) is 40.7 Å². The van der Waals surface area contributed by atoms with E-state index in [9.17, 15) is 19.7 Å². The Morgan fingerprint density at radius 3 is 1.33 bits per heavy atom. The molecule has 0 radical (unpaired) electrons. The Labute approximate surface area is 285 Å². The first-order chi connectivity index (χ1) is 23.7. The van der Waals surface area contributed by atoms with E-state index in [-0.39, 0.29) is 18.3 Å². The van der Waals surface area contributed by atoms with Crippen LogP contribution in [0.15, 0.2) is 127 Å². The van der Waals surface area contributed by atoms with Crippen LogP contribution in [0.4, 0.5) is 5.69 Å². The highest BCUT2D eigenvalue weighted by molar-refractivity contribution is 5.98. The molecule has 0 spiro atoms. The minimum Gasteiger partial charge on any atom is -0.462 e. The molecule has 0 aliphatic rings. The molecule has 0 saturated carbocycles. The third-order valence-electron chi connectivity index (χ3n) is 7.79. The van der Waals surface area contributed by atoms with Crippen molar-refractivity contribution in [2.45, 2.75) is 27.7 Å². The highest BCUT2D eigenvalue weighted by Crippen LogP contribution is 2.33. The van der Waals surface area contributed by atoms with Crippen LogP contribution in [-0.4, -0.2) is 39.2 Å². The summed E-state index contributed by atoms with van der Waals surface area (Å²) in [6.07, 6.45) is 0. The lowest BCUT2D eigenvalue weighted by atomic mass is 10.1. The molecule has 0 aliphatic heterocycles. The van der Waals surface area contributed by atoms with Crippen LogP contribution in [0, 0.1) is 24.0 Å². The third-order valence-corrected chi connectivity index (χ3v) is 7.79. The monoisotopic (exact) mass is 655 g/mol. The minimum absolute atomic E-state index is 0.0189. The number of nitrogens with zero attached hydrogens (tertiary/aromatic N) is 3. The maximum atomic E-state index is 12.5. The van der Waals surface area contributed by atoms with Gasteiger partial charge in [-0.2, -0.15) is 0 Å². The van der Waals surface area contributed by atoms with Crippen molar-refractivity contribution in [3.63, 3.8) is 0 Å². The van der Waals surface area contributed by atoms with Crippen molar-refractivity contribution < 1.29 is 24.0 Å². The van der Waals surface area contributed by atoms with Gasteiger partial charge < -0.3 is 18.6 Å². The zero-order chi connectivity index (χ0) is 34.9. The minimum atomic E-state index is -0.436. The van der Waals surface area contributed by atoms with Gasteiger partial charge in [-0.25, -0.2) is 9.59 Å². The molecule has 0 fully saturated rings. The van der Waals surface area contributed by atoms with Gasteiger partial charge in [-0.15, -0.1) is 0 Å². The van der Waals surface area contributed by atoms with Gasteiger partial charge in [-0.05, 0) is 75.2 Å². The Morgan fingerprint density at radius 2 is 0.959 bits per heavy atom. The van der Waals surface area contributed by atoms with Crippen LogP contribution in [0.25, 0.3) is 33.9 Å². The molecule has 2 heterocycles. The van der Waals surface area contributed by atoms with Crippen LogP contribution in [-0.2, 0) is 9.47 Å². The summed E-state index contributed by atoms with van der Waals surface area (Å²) in [5, 5.41) is 10.9. The van der Waals surface area contributed by atoms with Crippen LogP contribution in [0.2, 0.25) is 0 Å². The van der Waals surface area contributed by atoms with E-state index < -0.39 is 10.9 Å². The van der Waals surface area contributed by atoms with Crippen LogP contribution in [0.1, 0.15) is 46.0 Å². The number of ether oxygens (including phenoxy) is 2.